The molecule has 1 amide bonds. The van der Waals surface area contributed by atoms with Crippen LogP contribution in [0.4, 0.5) is 0 Å². The number of ether oxygens (including phenoxy) is 2. The van der Waals surface area contributed by atoms with E-state index < -0.39 is 17.9 Å². The van der Waals surface area contributed by atoms with Gasteiger partial charge in [-0.3, -0.25) is 9.59 Å². The second-order valence-corrected chi connectivity index (χ2v) is 7.37. The third-order valence-corrected chi connectivity index (χ3v) is 5.70. The Morgan fingerprint density at radius 3 is 2.29 bits per heavy atom. The minimum Gasteiger partial charge on any atom is -0.497 e. The molecular weight excluding hydrogens is 394 g/mol. The standard InChI is InChI=1S/C25H23NO5/c1-30-18-13-11-16(12-14-18)23-22(25(28)29)19-8-4-5-9-20(19)24(27)26(23)15-17-7-3-6-10-21(17)31-2/h3-14,22-23H,15H2,1-2H3,(H,28,29)/t22-,23-/m1/s1. The molecule has 2 atom stereocenters. The fourth-order valence-corrected chi connectivity index (χ4v) is 4.22. The van der Waals surface area contributed by atoms with Gasteiger partial charge in [0.25, 0.3) is 5.91 Å². The lowest BCUT2D eigenvalue weighted by Gasteiger charge is -2.41. The summed E-state index contributed by atoms with van der Waals surface area (Å²) in [5.74, 6) is -0.786. The predicted molar refractivity (Wildman–Crippen MR) is 115 cm³/mol. The molecule has 1 aliphatic rings. The van der Waals surface area contributed by atoms with Crippen molar-refractivity contribution in [3.05, 3.63) is 95.1 Å². The Morgan fingerprint density at radius 1 is 0.935 bits per heavy atom. The Labute approximate surface area is 180 Å². The highest BCUT2D eigenvalue weighted by molar-refractivity contribution is 6.00. The summed E-state index contributed by atoms with van der Waals surface area (Å²) in [5, 5.41) is 10.2. The molecule has 0 fully saturated rings. The van der Waals surface area contributed by atoms with Crippen molar-refractivity contribution in [2.24, 2.45) is 0 Å². The van der Waals surface area contributed by atoms with Crippen molar-refractivity contribution in [3.63, 3.8) is 0 Å². The zero-order valence-electron chi connectivity index (χ0n) is 17.3. The number of carboxylic acids is 1. The molecule has 0 aromatic heterocycles. The second-order valence-electron chi connectivity index (χ2n) is 7.37. The maximum Gasteiger partial charge on any atom is 0.313 e. The molecule has 6 heteroatoms. The molecule has 0 saturated carbocycles. The van der Waals surface area contributed by atoms with E-state index in [1.807, 2.05) is 36.4 Å². The molecule has 0 unspecified atom stereocenters. The lowest BCUT2D eigenvalue weighted by Crippen LogP contribution is -2.44. The van der Waals surface area contributed by atoms with Gasteiger partial charge >= 0.3 is 5.97 Å². The van der Waals surface area contributed by atoms with Crippen molar-refractivity contribution in [2.75, 3.05) is 14.2 Å². The van der Waals surface area contributed by atoms with Crippen LogP contribution in [-0.2, 0) is 11.3 Å². The van der Waals surface area contributed by atoms with Gasteiger partial charge in [-0.15, -0.1) is 0 Å². The van der Waals surface area contributed by atoms with E-state index in [1.165, 1.54) is 0 Å². The smallest absolute Gasteiger partial charge is 0.313 e. The van der Waals surface area contributed by atoms with Gasteiger partial charge in [0.2, 0.25) is 0 Å². The first-order chi connectivity index (χ1) is 15.0. The van der Waals surface area contributed by atoms with E-state index >= 15 is 0 Å². The molecular formula is C25H23NO5. The van der Waals surface area contributed by atoms with E-state index in [0.29, 0.717) is 22.6 Å². The van der Waals surface area contributed by atoms with Gasteiger partial charge in [-0.05, 0) is 35.4 Å². The molecule has 0 radical (unpaired) electrons. The quantitative estimate of drug-likeness (QED) is 0.648. The van der Waals surface area contributed by atoms with Gasteiger partial charge in [0.1, 0.15) is 17.4 Å². The van der Waals surface area contributed by atoms with E-state index in [1.54, 1.807) is 55.5 Å². The van der Waals surface area contributed by atoms with Crippen molar-refractivity contribution in [1.29, 1.82) is 0 Å². The average Bonchev–Trinajstić information content (AvgIpc) is 2.80. The number of methoxy groups -OCH3 is 2. The van der Waals surface area contributed by atoms with Gasteiger partial charge in [-0.2, -0.15) is 0 Å². The molecule has 0 bridgehead atoms. The molecule has 0 saturated heterocycles. The Morgan fingerprint density at radius 2 is 1.61 bits per heavy atom. The zero-order valence-corrected chi connectivity index (χ0v) is 17.3. The van der Waals surface area contributed by atoms with Gasteiger partial charge in [0, 0.05) is 11.1 Å². The molecule has 1 heterocycles. The largest absolute Gasteiger partial charge is 0.497 e. The first-order valence-corrected chi connectivity index (χ1v) is 9.93. The van der Waals surface area contributed by atoms with Crippen LogP contribution in [-0.4, -0.2) is 36.1 Å². The Hall–Kier alpha value is -3.80. The SMILES string of the molecule is COc1ccc([C@@H]2[C@H](C(=O)O)c3ccccc3C(=O)N2Cc2ccccc2OC)cc1. The van der Waals surface area contributed by atoms with E-state index in [0.717, 1.165) is 11.1 Å². The highest BCUT2D eigenvalue weighted by Crippen LogP contribution is 2.44. The summed E-state index contributed by atoms with van der Waals surface area (Å²) < 4.78 is 10.7. The Kier molecular flexibility index (Phi) is 5.62. The number of benzene rings is 3. The van der Waals surface area contributed by atoms with Crippen molar-refractivity contribution >= 4 is 11.9 Å². The summed E-state index contributed by atoms with van der Waals surface area (Å²) in [7, 11) is 3.15. The van der Waals surface area contributed by atoms with Crippen molar-refractivity contribution in [2.45, 2.75) is 18.5 Å². The summed E-state index contributed by atoms with van der Waals surface area (Å²) in [6.07, 6.45) is 0. The van der Waals surface area contributed by atoms with Crippen LogP contribution in [0.2, 0.25) is 0 Å². The molecule has 158 valence electrons. The van der Waals surface area contributed by atoms with E-state index in [4.69, 9.17) is 9.47 Å². The number of carbonyl (C=O) groups excluding carboxylic acids is 1. The minimum absolute atomic E-state index is 0.208. The lowest BCUT2D eigenvalue weighted by molar-refractivity contribution is -0.140. The highest BCUT2D eigenvalue weighted by atomic mass is 16.5. The average molecular weight is 417 g/mol. The first kappa shape index (κ1) is 20.5. The predicted octanol–water partition coefficient (Wildman–Crippen LogP) is 4.27. The van der Waals surface area contributed by atoms with Crippen LogP contribution in [0.15, 0.2) is 72.8 Å². The molecule has 3 aromatic rings. The number of nitrogens with zero attached hydrogens (tertiary/aromatic N) is 1. The van der Waals surface area contributed by atoms with Crippen LogP contribution in [0, 0.1) is 0 Å². The van der Waals surface area contributed by atoms with Crippen LogP contribution >= 0.6 is 0 Å². The number of carbonyl (C=O) groups is 2. The number of rotatable bonds is 6. The van der Waals surface area contributed by atoms with Crippen molar-refractivity contribution in [3.8, 4) is 11.5 Å². The van der Waals surface area contributed by atoms with Gasteiger partial charge in [0.05, 0.1) is 26.8 Å². The molecule has 0 aliphatic carbocycles. The minimum atomic E-state index is -0.981. The van der Waals surface area contributed by atoms with Gasteiger partial charge < -0.3 is 19.5 Å². The number of amides is 1. The number of carboxylic acid groups (broad SMARTS) is 1. The molecule has 0 spiro atoms. The second kappa shape index (κ2) is 8.52. The van der Waals surface area contributed by atoms with E-state index in [2.05, 4.69) is 0 Å². The van der Waals surface area contributed by atoms with Crippen LogP contribution in [0.1, 0.15) is 39.0 Å². The summed E-state index contributed by atoms with van der Waals surface area (Å²) >= 11 is 0. The van der Waals surface area contributed by atoms with Gasteiger partial charge in [-0.25, -0.2) is 0 Å². The lowest BCUT2D eigenvalue weighted by atomic mass is 9.79. The summed E-state index contributed by atoms with van der Waals surface area (Å²) in [4.78, 5) is 27.7. The third kappa shape index (κ3) is 3.72. The maximum atomic E-state index is 13.6. The number of hydrogen-bond donors (Lipinski definition) is 1. The normalized spacial score (nSPS) is 17.7. The van der Waals surface area contributed by atoms with Crippen LogP contribution in [0.5, 0.6) is 11.5 Å². The molecule has 1 N–H and O–H groups in total. The number of hydrogen-bond acceptors (Lipinski definition) is 4. The molecule has 31 heavy (non-hydrogen) atoms. The summed E-state index contributed by atoms with van der Waals surface area (Å²) in [6, 6.07) is 20.9. The monoisotopic (exact) mass is 417 g/mol. The third-order valence-electron chi connectivity index (χ3n) is 5.70. The number of para-hydroxylation sites is 1. The van der Waals surface area contributed by atoms with Crippen LogP contribution < -0.4 is 9.47 Å². The Balaban J connectivity index is 1.88. The highest BCUT2D eigenvalue weighted by Gasteiger charge is 2.44. The van der Waals surface area contributed by atoms with Crippen LogP contribution in [0.25, 0.3) is 0 Å². The van der Waals surface area contributed by atoms with Gasteiger partial charge in [-0.1, -0.05) is 48.5 Å². The molecule has 3 aromatic carbocycles. The number of fused-ring (bicyclic) bond motifs is 1. The van der Waals surface area contributed by atoms with Gasteiger partial charge in [0.15, 0.2) is 0 Å². The van der Waals surface area contributed by atoms with Crippen molar-refractivity contribution in [1.82, 2.24) is 4.90 Å². The first-order valence-electron chi connectivity index (χ1n) is 9.93. The number of aliphatic carboxylic acids is 1. The summed E-state index contributed by atoms with van der Waals surface area (Å²) in [6.45, 7) is 0.220. The molecule has 4 rings (SSSR count). The molecule has 1 aliphatic heterocycles. The summed E-state index contributed by atoms with van der Waals surface area (Å²) in [5.41, 5.74) is 2.47. The van der Waals surface area contributed by atoms with Crippen LogP contribution in [0.3, 0.4) is 0 Å². The zero-order chi connectivity index (χ0) is 22.0. The van der Waals surface area contributed by atoms with E-state index in [9.17, 15) is 14.7 Å². The van der Waals surface area contributed by atoms with E-state index in [-0.39, 0.29) is 12.5 Å². The van der Waals surface area contributed by atoms with Crippen molar-refractivity contribution < 1.29 is 24.2 Å². The Bertz CT molecular complexity index is 1110. The fraction of sp³-hybridized carbons (Fsp3) is 0.200. The topological polar surface area (TPSA) is 76.1 Å². The fourth-order valence-electron chi connectivity index (χ4n) is 4.22. The molecule has 6 nitrogen and oxygen atoms in total. The maximum absolute atomic E-state index is 13.6.